The number of thioether (sulfide) groups is 1. The molecule has 0 saturated heterocycles. The summed E-state index contributed by atoms with van der Waals surface area (Å²) in [6.45, 7) is 1.96. The molecule has 0 atom stereocenters. The summed E-state index contributed by atoms with van der Waals surface area (Å²) in [6, 6.07) is 22.9. The molecule has 11 heteroatoms. The van der Waals surface area contributed by atoms with Crippen LogP contribution in [0.3, 0.4) is 0 Å². The third-order valence-corrected chi connectivity index (χ3v) is 7.10. The Morgan fingerprint density at radius 3 is 2.23 bits per heavy atom. The summed E-state index contributed by atoms with van der Waals surface area (Å²) in [4.78, 5) is 51.6. The summed E-state index contributed by atoms with van der Waals surface area (Å²) in [5, 5.41) is 16.7. The average molecular weight is 555 g/mol. The largest absolute Gasteiger partial charge is 0.467 e. The molecule has 0 saturated carbocycles. The molecule has 2 N–H and O–H groups in total. The number of amides is 3. The Morgan fingerprint density at radius 1 is 0.925 bits per heavy atom. The van der Waals surface area contributed by atoms with E-state index in [-0.39, 0.29) is 28.4 Å². The molecule has 3 amide bonds. The van der Waals surface area contributed by atoms with E-state index in [1.807, 2.05) is 31.2 Å². The maximum atomic E-state index is 13.4. The lowest BCUT2D eigenvalue weighted by Gasteiger charge is -2.13. The highest BCUT2D eigenvalue weighted by Crippen LogP contribution is 2.37. The molecule has 0 aliphatic carbocycles. The molecule has 0 spiro atoms. The van der Waals surface area contributed by atoms with Gasteiger partial charge < -0.3 is 15.1 Å². The zero-order valence-electron chi connectivity index (χ0n) is 21.1. The first-order valence-electron chi connectivity index (χ1n) is 12.1. The maximum absolute atomic E-state index is 13.4. The Balaban J connectivity index is 1.34. The van der Waals surface area contributed by atoms with Gasteiger partial charge in [-0.3, -0.25) is 29.4 Å². The predicted molar refractivity (Wildman–Crippen MR) is 149 cm³/mol. The van der Waals surface area contributed by atoms with E-state index in [9.17, 15) is 24.5 Å². The van der Waals surface area contributed by atoms with Crippen molar-refractivity contribution in [1.82, 2.24) is 4.90 Å². The fraction of sp³-hybridized carbons (Fsp3) is 0.0690. The molecule has 40 heavy (non-hydrogen) atoms. The Morgan fingerprint density at radius 2 is 1.60 bits per heavy atom. The third kappa shape index (κ3) is 5.79. The average Bonchev–Trinajstić information content (AvgIpc) is 3.54. The summed E-state index contributed by atoms with van der Waals surface area (Å²) in [6.07, 6.45) is 1.48. The number of hydrogen-bond acceptors (Lipinski definition) is 8. The van der Waals surface area contributed by atoms with Crippen molar-refractivity contribution in [2.24, 2.45) is 0 Å². The van der Waals surface area contributed by atoms with Crippen LogP contribution in [0.5, 0.6) is 0 Å². The summed E-state index contributed by atoms with van der Waals surface area (Å²) >= 11 is 1.14. The Bertz CT molecular complexity index is 1610. The van der Waals surface area contributed by atoms with Crippen LogP contribution in [0.1, 0.15) is 21.7 Å². The number of carbonyl (C=O) groups is 3. The summed E-state index contributed by atoms with van der Waals surface area (Å²) in [5.41, 5.74) is 2.56. The molecule has 1 aliphatic rings. The van der Waals surface area contributed by atoms with Crippen LogP contribution >= 0.6 is 11.8 Å². The van der Waals surface area contributed by atoms with Gasteiger partial charge in [-0.25, -0.2) is 0 Å². The van der Waals surface area contributed by atoms with Gasteiger partial charge in [0.05, 0.1) is 17.7 Å². The number of furan rings is 1. The van der Waals surface area contributed by atoms with Crippen LogP contribution < -0.4 is 10.6 Å². The second-order valence-electron chi connectivity index (χ2n) is 8.86. The van der Waals surface area contributed by atoms with Gasteiger partial charge in [-0.05, 0) is 67.6 Å². The number of non-ortho nitro benzene ring substituents is 1. The molecule has 1 aromatic heterocycles. The monoisotopic (exact) mass is 554 g/mol. The Hall–Kier alpha value is -5.16. The van der Waals surface area contributed by atoms with Crippen LogP contribution in [-0.4, -0.2) is 27.5 Å². The Labute approximate surface area is 232 Å². The number of nitro benzene ring substituents is 1. The molecule has 2 heterocycles. The van der Waals surface area contributed by atoms with Gasteiger partial charge in [0.1, 0.15) is 16.4 Å². The van der Waals surface area contributed by atoms with Crippen molar-refractivity contribution in [3.05, 3.63) is 129 Å². The lowest BCUT2D eigenvalue weighted by Crippen LogP contribution is -2.31. The lowest BCUT2D eigenvalue weighted by molar-refractivity contribution is -0.384. The number of nitro groups is 1. The zero-order valence-corrected chi connectivity index (χ0v) is 21.9. The molecule has 4 aromatic rings. The number of anilines is 2. The molecule has 3 aromatic carbocycles. The van der Waals surface area contributed by atoms with Gasteiger partial charge in [0.15, 0.2) is 0 Å². The second kappa shape index (κ2) is 11.3. The van der Waals surface area contributed by atoms with Gasteiger partial charge in [-0.15, -0.1) is 0 Å². The van der Waals surface area contributed by atoms with Gasteiger partial charge in [-0.1, -0.05) is 29.5 Å². The van der Waals surface area contributed by atoms with Crippen molar-refractivity contribution < 1.29 is 23.7 Å². The highest BCUT2D eigenvalue weighted by Gasteiger charge is 2.39. The first-order chi connectivity index (χ1) is 19.3. The number of imide groups is 1. The van der Waals surface area contributed by atoms with Crippen LogP contribution in [0.25, 0.3) is 0 Å². The molecular formula is C29H22N4O6S. The van der Waals surface area contributed by atoms with Crippen LogP contribution in [0.2, 0.25) is 0 Å². The Kier molecular flexibility index (Phi) is 7.47. The van der Waals surface area contributed by atoms with Crippen molar-refractivity contribution >= 4 is 46.5 Å². The van der Waals surface area contributed by atoms with E-state index in [0.29, 0.717) is 22.0 Å². The van der Waals surface area contributed by atoms with Crippen LogP contribution in [0.15, 0.2) is 111 Å². The second-order valence-corrected chi connectivity index (χ2v) is 9.94. The van der Waals surface area contributed by atoms with E-state index in [0.717, 1.165) is 22.2 Å². The number of nitrogens with one attached hydrogen (secondary N) is 2. The van der Waals surface area contributed by atoms with Crippen LogP contribution in [-0.2, 0) is 16.1 Å². The van der Waals surface area contributed by atoms with Gasteiger partial charge in [0, 0.05) is 34.0 Å². The minimum Gasteiger partial charge on any atom is -0.467 e. The number of carbonyl (C=O) groups excluding carboxylic acids is 3. The maximum Gasteiger partial charge on any atom is 0.278 e. The third-order valence-electron chi connectivity index (χ3n) is 6.01. The number of benzene rings is 3. The highest BCUT2D eigenvalue weighted by molar-refractivity contribution is 8.04. The van der Waals surface area contributed by atoms with Gasteiger partial charge in [0.2, 0.25) is 0 Å². The molecule has 0 radical (unpaired) electrons. The summed E-state index contributed by atoms with van der Waals surface area (Å²) in [5.74, 6) is -0.850. The van der Waals surface area contributed by atoms with Crippen LogP contribution in [0, 0.1) is 17.0 Å². The van der Waals surface area contributed by atoms with E-state index < -0.39 is 22.6 Å². The van der Waals surface area contributed by atoms with Gasteiger partial charge in [0.25, 0.3) is 23.4 Å². The smallest absolute Gasteiger partial charge is 0.278 e. The molecule has 1 aliphatic heterocycles. The minimum atomic E-state index is -0.534. The molecule has 200 valence electrons. The van der Waals surface area contributed by atoms with E-state index in [2.05, 4.69) is 10.6 Å². The quantitative estimate of drug-likeness (QED) is 0.152. The molecule has 0 unspecified atom stereocenters. The normalized spacial score (nSPS) is 13.1. The summed E-state index contributed by atoms with van der Waals surface area (Å²) < 4.78 is 5.35. The van der Waals surface area contributed by atoms with E-state index in [1.54, 1.807) is 36.4 Å². The molecule has 5 rings (SSSR count). The fourth-order valence-corrected chi connectivity index (χ4v) is 4.85. The number of nitrogens with zero attached hydrogens (tertiary/aromatic N) is 2. The number of aryl methyl sites for hydroxylation is 1. The van der Waals surface area contributed by atoms with Gasteiger partial charge >= 0.3 is 0 Å². The van der Waals surface area contributed by atoms with Crippen LogP contribution in [0.4, 0.5) is 17.1 Å². The number of hydrogen-bond donors (Lipinski definition) is 2. The van der Waals surface area contributed by atoms with Crippen molar-refractivity contribution in [1.29, 1.82) is 0 Å². The zero-order chi connectivity index (χ0) is 28.2. The predicted octanol–water partition coefficient (Wildman–Crippen LogP) is 5.73. The lowest BCUT2D eigenvalue weighted by atomic mass is 10.2. The van der Waals surface area contributed by atoms with Crippen molar-refractivity contribution in [2.45, 2.75) is 18.4 Å². The standard InChI is InChI=1S/C29H22N4O6S/c1-18-4-8-20(9-5-18)30-25-26(29(36)32(28(25)35)17-23-3-2-16-39-23)40-24-14-10-21(11-15-24)31-27(34)19-6-12-22(13-7-19)33(37)38/h2-16,30H,17H2,1H3,(H,31,34). The number of rotatable bonds is 9. The minimum absolute atomic E-state index is 0.00141. The fourth-order valence-electron chi connectivity index (χ4n) is 3.90. The molecular weight excluding hydrogens is 532 g/mol. The SMILES string of the molecule is Cc1ccc(NC2=C(Sc3ccc(NC(=O)c4ccc([N+](=O)[O-])cc4)cc3)C(=O)N(Cc3ccco3)C2=O)cc1. The first kappa shape index (κ1) is 26.4. The van der Waals surface area contributed by atoms with Crippen molar-refractivity contribution in [3.63, 3.8) is 0 Å². The van der Waals surface area contributed by atoms with Gasteiger partial charge in [-0.2, -0.15) is 0 Å². The highest BCUT2D eigenvalue weighted by atomic mass is 32.2. The van der Waals surface area contributed by atoms with E-state index >= 15 is 0 Å². The van der Waals surface area contributed by atoms with Crippen molar-refractivity contribution in [3.8, 4) is 0 Å². The van der Waals surface area contributed by atoms with E-state index in [1.165, 1.54) is 30.5 Å². The molecule has 0 bridgehead atoms. The summed E-state index contributed by atoms with van der Waals surface area (Å²) in [7, 11) is 0. The van der Waals surface area contributed by atoms with E-state index in [4.69, 9.17) is 4.42 Å². The molecule has 10 nitrogen and oxygen atoms in total. The molecule has 0 fully saturated rings. The topological polar surface area (TPSA) is 135 Å². The first-order valence-corrected chi connectivity index (χ1v) is 12.9. The van der Waals surface area contributed by atoms with Crippen molar-refractivity contribution in [2.75, 3.05) is 10.6 Å².